The number of hydrazine groups is 1. The lowest BCUT2D eigenvalue weighted by Crippen LogP contribution is -2.44. The van der Waals surface area contributed by atoms with Crippen LogP contribution in [0.15, 0.2) is 24.3 Å². The van der Waals surface area contributed by atoms with E-state index in [1.54, 1.807) is 12.1 Å². The third kappa shape index (κ3) is 3.02. The van der Waals surface area contributed by atoms with Crippen molar-refractivity contribution in [3.63, 3.8) is 0 Å². The zero-order valence-electron chi connectivity index (χ0n) is 7.70. The van der Waals surface area contributed by atoms with E-state index in [4.69, 9.17) is 5.73 Å². The van der Waals surface area contributed by atoms with E-state index in [-0.39, 0.29) is 11.0 Å². The Hall–Kier alpha value is -1.62. The lowest BCUT2D eigenvalue weighted by molar-refractivity contribution is 0.0944. The molecule has 14 heavy (non-hydrogen) atoms. The molecule has 74 valence electrons. The maximum atomic E-state index is 11.4. The summed E-state index contributed by atoms with van der Waals surface area (Å²) in [6.07, 6.45) is 0. The molecule has 1 amide bonds. The van der Waals surface area contributed by atoms with Crippen molar-refractivity contribution in [3.05, 3.63) is 35.4 Å². The van der Waals surface area contributed by atoms with E-state index in [9.17, 15) is 4.79 Å². The lowest BCUT2D eigenvalue weighted by Gasteiger charge is -2.05. The highest BCUT2D eigenvalue weighted by Gasteiger charge is 2.03. The van der Waals surface area contributed by atoms with Crippen molar-refractivity contribution in [2.45, 2.75) is 6.92 Å². The molecule has 0 aliphatic heterocycles. The van der Waals surface area contributed by atoms with Gasteiger partial charge in [0.2, 0.25) is 0 Å². The van der Waals surface area contributed by atoms with Crippen molar-refractivity contribution in [2.24, 2.45) is 5.73 Å². The van der Waals surface area contributed by atoms with Gasteiger partial charge in [0, 0.05) is 5.56 Å². The SMILES string of the molecule is Cc1ccc(C(=O)NNC(N)=S)cc1. The van der Waals surface area contributed by atoms with E-state index in [1.807, 2.05) is 19.1 Å². The molecule has 0 spiro atoms. The summed E-state index contributed by atoms with van der Waals surface area (Å²) in [6, 6.07) is 7.17. The summed E-state index contributed by atoms with van der Waals surface area (Å²) in [4.78, 5) is 11.4. The molecule has 0 saturated carbocycles. The Balaban J connectivity index is 2.61. The monoisotopic (exact) mass is 209 g/mol. The van der Waals surface area contributed by atoms with Crippen molar-refractivity contribution in [1.29, 1.82) is 0 Å². The van der Waals surface area contributed by atoms with Gasteiger partial charge in [0.05, 0.1) is 0 Å². The molecule has 0 heterocycles. The van der Waals surface area contributed by atoms with E-state index < -0.39 is 0 Å². The Morgan fingerprint density at radius 1 is 1.29 bits per heavy atom. The van der Waals surface area contributed by atoms with Gasteiger partial charge in [-0.1, -0.05) is 17.7 Å². The number of benzene rings is 1. The number of nitrogens with two attached hydrogens (primary N) is 1. The van der Waals surface area contributed by atoms with E-state index in [0.717, 1.165) is 5.56 Å². The van der Waals surface area contributed by atoms with Gasteiger partial charge in [0.1, 0.15) is 0 Å². The minimum atomic E-state index is -0.266. The van der Waals surface area contributed by atoms with Gasteiger partial charge in [-0.2, -0.15) is 0 Å². The second kappa shape index (κ2) is 4.57. The van der Waals surface area contributed by atoms with Crippen LogP contribution >= 0.6 is 12.2 Å². The molecule has 0 bridgehead atoms. The number of carbonyl (C=O) groups is 1. The summed E-state index contributed by atoms with van der Waals surface area (Å²) < 4.78 is 0. The van der Waals surface area contributed by atoms with Crippen LogP contribution in [0.1, 0.15) is 15.9 Å². The molecule has 1 aromatic carbocycles. The fourth-order valence-corrected chi connectivity index (χ4v) is 0.947. The van der Waals surface area contributed by atoms with Crippen molar-refractivity contribution in [3.8, 4) is 0 Å². The highest BCUT2D eigenvalue weighted by molar-refractivity contribution is 7.80. The number of nitrogens with one attached hydrogen (secondary N) is 2. The van der Waals surface area contributed by atoms with Gasteiger partial charge in [-0.05, 0) is 31.3 Å². The number of carbonyl (C=O) groups excluding carboxylic acids is 1. The Bertz CT molecular complexity index is 348. The number of aryl methyl sites for hydroxylation is 1. The van der Waals surface area contributed by atoms with Crippen molar-refractivity contribution >= 4 is 23.2 Å². The van der Waals surface area contributed by atoms with Crippen molar-refractivity contribution < 1.29 is 4.79 Å². The molecule has 1 rings (SSSR count). The first-order valence-electron chi connectivity index (χ1n) is 4.02. The number of amides is 1. The minimum Gasteiger partial charge on any atom is -0.375 e. The predicted octanol–water partition coefficient (Wildman–Crippen LogP) is 0.473. The Morgan fingerprint density at radius 3 is 2.36 bits per heavy atom. The molecule has 0 aliphatic rings. The molecule has 0 fully saturated rings. The van der Waals surface area contributed by atoms with Crippen molar-refractivity contribution in [1.82, 2.24) is 10.9 Å². The number of thiocarbonyl (C=S) groups is 1. The molecule has 1 aromatic rings. The molecule has 4 nitrogen and oxygen atoms in total. The molecule has 0 radical (unpaired) electrons. The highest BCUT2D eigenvalue weighted by atomic mass is 32.1. The first-order valence-corrected chi connectivity index (χ1v) is 4.43. The molecule has 0 unspecified atom stereocenters. The Labute approximate surface area is 87.5 Å². The average molecular weight is 209 g/mol. The summed E-state index contributed by atoms with van der Waals surface area (Å²) in [5, 5.41) is 0.0328. The van der Waals surface area contributed by atoms with Gasteiger partial charge in [-0.25, -0.2) is 0 Å². The number of hydrogen-bond donors (Lipinski definition) is 3. The van der Waals surface area contributed by atoms with Crippen LogP contribution in [0.2, 0.25) is 0 Å². The maximum Gasteiger partial charge on any atom is 0.269 e. The van der Waals surface area contributed by atoms with Crippen LogP contribution in [-0.4, -0.2) is 11.0 Å². The Morgan fingerprint density at radius 2 is 1.86 bits per heavy atom. The summed E-state index contributed by atoms with van der Waals surface area (Å²) in [5.74, 6) is -0.266. The summed E-state index contributed by atoms with van der Waals surface area (Å²) in [5.41, 5.74) is 11.5. The lowest BCUT2D eigenvalue weighted by atomic mass is 10.1. The van der Waals surface area contributed by atoms with Crippen LogP contribution in [0.3, 0.4) is 0 Å². The third-order valence-electron chi connectivity index (χ3n) is 1.61. The van der Waals surface area contributed by atoms with E-state index >= 15 is 0 Å². The molecule has 0 saturated heterocycles. The quantitative estimate of drug-likeness (QED) is 0.465. The predicted molar refractivity (Wildman–Crippen MR) is 58.6 cm³/mol. The first-order chi connectivity index (χ1) is 6.59. The fourth-order valence-electron chi connectivity index (χ4n) is 0.895. The first kappa shape index (κ1) is 10.5. The van der Waals surface area contributed by atoms with Crippen LogP contribution in [0.4, 0.5) is 0 Å². The van der Waals surface area contributed by atoms with Crippen LogP contribution in [0.25, 0.3) is 0 Å². The fraction of sp³-hybridized carbons (Fsp3) is 0.111. The molecule has 0 aliphatic carbocycles. The molecular weight excluding hydrogens is 198 g/mol. The molecule has 0 aromatic heterocycles. The van der Waals surface area contributed by atoms with E-state index in [0.29, 0.717) is 5.56 Å². The smallest absolute Gasteiger partial charge is 0.269 e. The average Bonchev–Trinajstić information content (AvgIpc) is 2.15. The van der Waals surface area contributed by atoms with Crippen molar-refractivity contribution in [2.75, 3.05) is 0 Å². The van der Waals surface area contributed by atoms with E-state index in [2.05, 4.69) is 23.1 Å². The molecular formula is C9H11N3OS. The van der Waals surface area contributed by atoms with Gasteiger partial charge >= 0.3 is 0 Å². The van der Waals surface area contributed by atoms with Crippen LogP contribution < -0.4 is 16.6 Å². The zero-order chi connectivity index (χ0) is 10.6. The maximum absolute atomic E-state index is 11.4. The standard InChI is InChI=1S/C9H11N3OS/c1-6-2-4-7(5-3-6)8(13)11-12-9(10)14/h2-5H,1H3,(H,11,13)(H3,10,12,14). The van der Waals surface area contributed by atoms with Gasteiger partial charge in [-0.3, -0.25) is 15.6 Å². The second-order valence-electron chi connectivity index (χ2n) is 2.81. The minimum absolute atomic E-state index is 0.0328. The summed E-state index contributed by atoms with van der Waals surface area (Å²) in [6.45, 7) is 1.95. The molecule has 5 heteroatoms. The Kier molecular flexibility index (Phi) is 3.41. The topological polar surface area (TPSA) is 67.2 Å². The summed E-state index contributed by atoms with van der Waals surface area (Å²) in [7, 11) is 0. The summed E-state index contributed by atoms with van der Waals surface area (Å²) >= 11 is 4.54. The second-order valence-corrected chi connectivity index (χ2v) is 3.25. The van der Waals surface area contributed by atoms with Gasteiger partial charge in [0.25, 0.3) is 5.91 Å². The third-order valence-corrected chi connectivity index (χ3v) is 1.72. The normalized spacial score (nSPS) is 9.21. The molecule has 0 atom stereocenters. The van der Waals surface area contributed by atoms with Crippen LogP contribution in [-0.2, 0) is 0 Å². The van der Waals surface area contributed by atoms with Gasteiger partial charge < -0.3 is 5.73 Å². The van der Waals surface area contributed by atoms with Crippen LogP contribution in [0, 0.1) is 6.92 Å². The highest BCUT2D eigenvalue weighted by Crippen LogP contribution is 2.01. The number of rotatable bonds is 1. The van der Waals surface area contributed by atoms with Gasteiger partial charge in [-0.15, -0.1) is 0 Å². The zero-order valence-corrected chi connectivity index (χ0v) is 8.52. The van der Waals surface area contributed by atoms with Gasteiger partial charge in [0.15, 0.2) is 5.11 Å². The van der Waals surface area contributed by atoms with E-state index in [1.165, 1.54) is 0 Å². The van der Waals surface area contributed by atoms with Crippen LogP contribution in [0.5, 0.6) is 0 Å². The number of hydrogen-bond acceptors (Lipinski definition) is 2. The molecule has 4 N–H and O–H groups in total. The largest absolute Gasteiger partial charge is 0.375 e.